The molecule has 0 aliphatic heterocycles. The number of rotatable bonds is 8. The second-order valence-corrected chi connectivity index (χ2v) is 11.0. The van der Waals surface area contributed by atoms with E-state index >= 15 is 0 Å². The largest absolute Gasteiger partial charge is 0.462 e. The number of anilines is 2. The molecule has 2 N–H and O–H groups in total. The van der Waals surface area contributed by atoms with Crippen molar-refractivity contribution in [3.63, 3.8) is 0 Å². The van der Waals surface area contributed by atoms with Crippen LogP contribution in [0.3, 0.4) is 0 Å². The van der Waals surface area contributed by atoms with E-state index in [0.717, 1.165) is 21.4 Å². The van der Waals surface area contributed by atoms with Crippen molar-refractivity contribution in [1.82, 2.24) is 9.78 Å². The van der Waals surface area contributed by atoms with E-state index in [1.165, 1.54) is 29.5 Å². The summed E-state index contributed by atoms with van der Waals surface area (Å²) in [7, 11) is -3.54. The summed E-state index contributed by atoms with van der Waals surface area (Å²) in [4.78, 5) is 39.4. The second kappa shape index (κ2) is 11.0. The number of esters is 1. The minimum absolute atomic E-state index is 0.0458. The Labute approximate surface area is 223 Å². The molecule has 0 radical (unpaired) electrons. The van der Waals surface area contributed by atoms with Crippen LogP contribution in [0.2, 0.25) is 0 Å². The predicted molar refractivity (Wildman–Crippen MR) is 147 cm³/mol. The lowest BCUT2D eigenvalue weighted by Gasteiger charge is -2.11. The lowest BCUT2D eigenvalue weighted by Crippen LogP contribution is -2.27. The fourth-order valence-corrected chi connectivity index (χ4v) is 5.22. The Kier molecular flexibility index (Phi) is 7.74. The van der Waals surface area contributed by atoms with Crippen molar-refractivity contribution in [1.29, 1.82) is 0 Å². The summed E-state index contributed by atoms with van der Waals surface area (Å²) < 4.78 is 31.7. The maximum atomic E-state index is 13.3. The SMILES string of the molecule is CCOC(=O)c1cc(-c2ccccc2)sc1NC(=O)c1nn(-c2cccc(NS(C)(=O)=O)c2)c(=O)cc1C. The van der Waals surface area contributed by atoms with Crippen molar-refractivity contribution in [3.8, 4) is 16.1 Å². The molecule has 4 rings (SSSR count). The minimum atomic E-state index is -3.54. The van der Waals surface area contributed by atoms with Crippen LogP contribution in [0.15, 0.2) is 71.5 Å². The number of benzene rings is 2. The van der Waals surface area contributed by atoms with Gasteiger partial charge in [0.05, 0.1) is 29.8 Å². The van der Waals surface area contributed by atoms with Gasteiger partial charge in [-0.3, -0.25) is 14.3 Å². The van der Waals surface area contributed by atoms with Crippen LogP contribution in [-0.2, 0) is 14.8 Å². The maximum absolute atomic E-state index is 13.3. The molecule has 0 fully saturated rings. The summed E-state index contributed by atoms with van der Waals surface area (Å²) in [6.07, 6.45) is 1.01. The van der Waals surface area contributed by atoms with Gasteiger partial charge in [-0.1, -0.05) is 36.4 Å². The van der Waals surface area contributed by atoms with Gasteiger partial charge in [-0.2, -0.15) is 9.78 Å². The van der Waals surface area contributed by atoms with E-state index in [1.807, 2.05) is 30.3 Å². The highest BCUT2D eigenvalue weighted by atomic mass is 32.2. The number of carbonyl (C=O) groups is 2. The average Bonchev–Trinajstić information content (AvgIpc) is 3.27. The highest BCUT2D eigenvalue weighted by Gasteiger charge is 2.22. The topological polar surface area (TPSA) is 136 Å². The molecule has 2 heterocycles. The number of nitrogens with zero attached hydrogens (tertiary/aromatic N) is 2. The van der Waals surface area contributed by atoms with Crippen LogP contribution in [-0.4, -0.2) is 42.9 Å². The molecule has 0 aliphatic carbocycles. The van der Waals surface area contributed by atoms with Gasteiger partial charge in [0.2, 0.25) is 10.0 Å². The van der Waals surface area contributed by atoms with Gasteiger partial charge in [0.25, 0.3) is 11.5 Å². The lowest BCUT2D eigenvalue weighted by atomic mass is 10.1. The standard InChI is InChI=1S/C26H24N4O6S2/c1-4-36-26(33)20-15-21(17-9-6-5-7-10-17)37-25(20)27-24(32)23-16(2)13-22(31)30(28-23)19-12-8-11-18(14-19)29-38(3,34)35/h5-15,29H,4H2,1-3H3,(H,27,32). The normalized spacial score (nSPS) is 11.1. The number of amides is 1. The average molecular weight is 553 g/mol. The highest BCUT2D eigenvalue weighted by molar-refractivity contribution is 7.92. The van der Waals surface area contributed by atoms with Crippen LogP contribution in [0.25, 0.3) is 16.1 Å². The maximum Gasteiger partial charge on any atom is 0.341 e. The summed E-state index contributed by atoms with van der Waals surface area (Å²) in [5, 5.41) is 7.28. The minimum Gasteiger partial charge on any atom is -0.462 e. The summed E-state index contributed by atoms with van der Waals surface area (Å²) in [5.41, 5.74) is 1.33. The molecular formula is C26H24N4O6S2. The van der Waals surface area contributed by atoms with Crippen LogP contribution >= 0.6 is 11.3 Å². The van der Waals surface area contributed by atoms with Crippen molar-refractivity contribution in [2.24, 2.45) is 0 Å². The van der Waals surface area contributed by atoms with Crippen LogP contribution in [0, 0.1) is 6.92 Å². The van der Waals surface area contributed by atoms with E-state index in [1.54, 1.807) is 32.0 Å². The molecule has 2 aromatic carbocycles. The van der Waals surface area contributed by atoms with E-state index in [4.69, 9.17) is 4.74 Å². The molecular weight excluding hydrogens is 528 g/mol. The Morgan fingerprint density at radius 3 is 2.47 bits per heavy atom. The quantitative estimate of drug-likeness (QED) is 0.315. The summed E-state index contributed by atoms with van der Waals surface area (Å²) >= 11 is 1.21. The Balaban J connectivity index is 1.71. The van der Waals surface area contributed by atoms with Gasteiger partial charge >= 0.3 is 5.97 Å². The zero-order chi connectivity index (χ0) is 27.4. The molecule has 1 amide bonds. The highest BCUT2D eigenvalue weighted by Crippen LogP contribution is 2.36. The fraction of sp³-hybridized carbons (Fsp3) is 0.154. The van der Waals surface area contributed by atoms with Gasteiger partial charge in [0, 0.05) is 10.9 Å². The first-order valence-corrected chi connectivity index (χ1v) is 14.1. The van der Waals surface area contributed by atoms with Crippen molar-refractivity contribution < 1.29 is 22.7 Å². The Morgan fingerprint density at radius 1 is 1.05 bits per heavy atom. The molecule has 0 spiro atoms. The summed E-state index contributed by atoms with van der Waals surface area (Å²) in [6.45, 7) is 3.44. The van der Waals surface area contributed by atoms with E-state index in [2.05, 4.69) is 15.1 Å². The molecule has 4 aromatic rings. The first kappa shape index (κ1) is 26.8. The molecule has 0 saturated carbocycles. The molecule has 0 saturated heterocycles. The Hall–Kier alpha value is -4.29. The number of aromatic nitrogens is 2. The fourth-order valence-electron chi connectivity index (χ4n) is 3.62. The number of hydrogen-bond donors (Lipinski definition) is 2. The number of sulfonamides is 1. The number of carbonyl (C=O) groups excluding carboxylic acids is 2. The molecule has 196 valence electrons. The van der Waals surface area contributed by atoms with Gasteiger partial charge in [0.1, 0.15) is 5.00 Å². The zero-order valence-corrected chi connectivity index (χ0v) is 22.4. The van der Waals surface area contributed by atoms with E-state index in [-0.39, 0.29) is 34.2 Å². The zero-order valence-electron chi connectivity index (χ0n) is 20.7. The third-order valence-electron chi connectivity index (χ3n) is 5.24. The van der Waals surface area contributed by atoms with Gasteiger partial charge in [-0.15, -0.1) is 11.3 Å². The van der Waals surface area contributed by atoms with E-state index < -0.39 is 27.5 Å². The number of thiophene rings is 1. The van der Waals surface area contributed by atoms with Crippen molar-refractivity contribution in [2.75, 3.05) is 22.9 Å². The first-order chi connectivity index (χ1) is 18.1. The predicted octanol–water partition coefficient (Wildman–Crippen LogP) is 4.07. The van der Waals surface area contributed by atoms with Crippen molar-refractivity contribution in [2.45, 2.75) is 13.8 Å². The molecule has 0 aliphatic rings. The van der Waals surface area contributed by atoms with Crippen molar-refractivity contribution in [3.05, 3.63) is 93.9 Å². The second-order valence-electron chi connectivity index (χ2n) is 8.24. The smallest absolute Gasteiger partial charge is 0.341 e. The molecule has 12 heteroatoms. The molecule has 2 aromatic heterocycles. The molecule has 0 unspecified atom stereocenters. The number of hydrogen-bond acceptors (Lipinski definition) is 8. The van der Waals surface area contributed by atoms with Gasteiger partial charge < -0.3 is 10.1 Å². The molecule has 38 heavy (non-hydrogen) atoms. The third-order valence-corrected chi connectivity index (χ3v) is 6.95. The van der Waals surface area contributed by atoms with Gasteiger partial charge in [-0.05, 0) is 49.2 Å². The van der Waals surface area contributed by atoms with Crippen LogP contribution in [0.1, 0.15) is 33.3 Å². The van der Waals surface area contributed by atoms with Gasteiger partial charge in [0.15, 0.2) is 5.69 Å². The Morgan fingerprint density at radius 2 is 1.79 bits per heavy atom. The first-order valence-electron chi connectivity index (χ1n) is 11.4. The van der Waals surface area contributed by atoms with Crippen LogP contribution in [0.4, 0.5) is 10.7 Å². The lowest BCUT2D eigenvalue weighted by molar-refractivity contribution is 0.0528. The molecule has 10 nitrogen and oxygen atoms in total. The number of nitrogens with one attached hydrogen (secondary N) is 2. The molecule has 0 atom stereocenters. The monoisotopic (exact) mass is 552 g/mol. The number of aryl methyl sites for hydroxylation is 1. The van der Waals surface area contributed by atoms with Crippen molar-refractivity contribution >= 4 is 43.9 Å². The molecule has 0 bridgehead atoms. The summed E-state index contributed by atoms with van der Waals surface area (Å²) in [6, 6.07) is 18.4. The van der Waals surface area contributed by atoms with Gasteiger partial charge in [-0.25, -0.2) is 13.2 Å². The van der Waals surface area contributed by atoms with Crippen LogP contribution in [0.5, 0.6) is 0 Å². The van der Waals surface area contributed by atoms with E-state index in [0.29, 0.717) is 5.56 Å². The number of ether oxygens (including phenoxy) is 1. The van der Waals surface area contributed by atoms with Crippen LogP contribution < -0.4 is 15.6 Å². The van der Waals surface area contributed by atoms with E-state index in [9.17, 15) is 22.8 Å². The Bertz CT molecular complexity index is 1680. The summed E-state index contributed by atoms with van der Waals surface area (Å²) in [5.74, 6) is -1.21. The third kappa shape index (κ3) is 6.15.